The molecule has 14 heteroatoms. The minimum Gasteiger partial charge on any atom is -0.299 e. The van der Waals surface area contributed by atoms with E-state index in [-0.39, 0.29) is 6.42 Å². The van der Waals surface area contributed by atoms with E-state index in [0.29, 0.717) is 0 Å². The van der Waals surface area contributed by atoms with E-state index in [4.69, 9.17) is 0 Å². The van der Waals surface area contributed by atoms with Gasteiger partial charge in [0.2, 0.25) is 0 Å². The summed E-state index contributed by atoms with van der Waals surface area (Å²) in [7, 11) is 0. The van der Waals surface area contributed by atoms with Crippen molar-refractivity contribution in [1.29, 1.82) is 0 Å². The van der Waals surface area contributed by atoms with Gasteiger partial charge in [0.25, 0.3) is 0 Å². The molecule has 1 saturated carbocycles. The fourth-order valence-electron chi connectivity index (χ4n) is 3.16. The molecule has 0 spiro atoms. The van der Waals surface area contributed by atoms with Crippen LogP contribution in [0.25, 0.3) is 0 Å². The first-order valence-corrected chi connectivity index (χ1v) is 8.36. The van der Waals surface area contributed by atoms with E-state index in [1.165, 1.54) is 20.8 Å². The van der Waals surface area contributed by atoms with Crippen molar-refractivity contribution in [2.24, 2.45) is 17.3 Å². The third-order valence-corrected chi connectivity index (χ3v) is 5.27. The molecule has 1 rings (SSSR count). The highest BCUT2D eigenvalue weighted by Gasteiger charge is 2.91. The molecule has 1 fully saturated rings. The quantitative estimate of drug-likeness (QED) is 0.405. The van der Waals surface area contributed by atoms with E-state index in [1.807, 2.05) is 0 Å². The summed E-state index contributed by atoms with van der Waals surface area (Å²) in [4.78, 5) is 11.7. The summed E-state index contributed by atoms with van der Waals surface area (Å²) in [6.07, 6.45) is -9.58. The minimum atomic E-state index is -7.95. The number of hydrogen-bond acceptors (Lipinski definition) is 1. The topological polar surface area (TPSA) is 17.1 Å². The van der Waals surface area contributed by atoms with Crippen LogP contribution in [0.3, 0.4) is 0 Å². The standard InChI is InChI=1S/C16H17F13O/c1-10(2,3)7-4-5-9(30)8(6-7)11(17,18)12(19,20)13(21,22)14(23,24)15(25,26)16(27,28)29/h7-8H,4-6H2,1-3H3. The lowest BCUT2D eigenvalue weighted by Crippen LogP contribution is -2.71. The van der Waals surface area contributed by atoms with Gasteiger partial charge in [0, 0.05) is 6.42 Å². The lowest BCUT2D eigenvalue weighted by Gasteiger charge is -2.44. The van der Waals surface area contributed by atoms with E-state index < -0.39 is 71.7 Å². The zero-order valence-corrected chi connectivity index (χ0v) is 15.6. The largest absolute Gasteiger partial charge is 0.460 e. The van der Waals surface area contributed by atoms with Crippen LogP contribution in [0.1, 0.15) is 40.0 Å². The Morgan fingerprint density at radius 1 is 0.667 bits per heavy atom. The van der Waals surface area contributed by atoms with Crippen molar-refractivity contribution >= 4 is 5.78 Å². The van der Waals surface area contributed by atoms with Gasteiger partial charge in [-0.25, -0.2) is 0 Å². The van der Waals surface area contributed by atoms with Gasteiger partial charge in [-0.15, -0.1) is 0 Å². The lowest BCUT2D eigenvalue weighted by atomic mass is 9.66. The van der Waals surface area contributed by atoms with Gasteiger partial charge in [-0.3, -0.25) is 4.79 Å². The number of halogens is 13. The summed E-state index contributed by atoms with van der Waals surface area (Å²) in [6.45, 7) is 4.27. The zero-order valence-electron chi connectivity index (χ0n) is 15.6. The van der Waals surface area contributed by atoms with Crippen molar-refractivity contribution in [3.63, 3.8) is 0 Å². The lowest BCUT2D eigenvalue weighted by molar-refractivity contribution is -0.442. The first-order valence-electron chi connectivity index (χ1n) is 8.36. The summed E-state index contributed by atoms with van der Waals surface area (Å²) in [6, 6.07) is 0. The van der Waals surface area contributed by atoms with Crippen LogP contribution in [0.15, 0.2) is 0 Å². The van der Waals surface area contributed by atoms with Crippen molar-refractivity contribution in [3.8, 4) is 0 Å². The van der Waals surface area contributed by atoms with Crippen molar-refractivity contribution in [2.45, 2.75) is 75.8 Å². The monoisotopic (exact) mass is 472 g/mol. The molecular formula is C16H17F13O. The van der Waals surface area contributed by atoms with Crippen molar-refractivity contribution in [2.75, 3.05) is 0 Å². The molecule has 178 valence electrons. The van der Waals surface area contributed by atoms with Crippen LogP contribution in [-0.4, -0.2) is 41.6 Å². The highest BCUT2D eigenvalue weighted by atomic mass is 19.4. The number of hydrogen-bond donors (Lipinski definition) is 0. The van der Waals surface area contributed by atoms with Crippen LogP contribution in [0.5, 0.6) is 0 Å². The number of alkyl halides is 13. The van der Waals surface area contributed by atoms with Crippen LogP contribution >= 0.6 is 0 Å². The summed E-state index contributed by atoms with van der Waals surface area (Å²) < 4.78 is 172. The molecule has 0 amide bonds. The second-order valence-corrected chi connectivity index (χ2v) is 8.27. The molecule has 0 N–H and O–H groups in total. The minimum absolute atomic E-state index is 0.126. The molecule has 30 heavy (non-hydrogen) atoms. The second-order valence-electron chi connectivity index (χ2n) is 8.27. The molecule has 0 aromatic rings. The first kappa shape index (κ1) is 26.8. The van der Waals surface area contributed by atoms with E-state index in [2.05, 4.69) is 0 Å². The Morgan fingerprint density at radius 3 is 1.43 bits per heavy atom. The second kappa shape index (κ2) is 7.14. The normalized spacial score (nSPS) is 23.7. The summed E-state index contributed by atoms with van der Waals surface area (Å²) >= 11 is 0. The van der Waals surface area contributed by atoms with Gasteiger partial charge in [-0.05, 0) is 24.2 Å². The van der Waals surface area contributed by atoms with Gasteiger partial charge in [0.05, 0.1) is 5.92 Å². The maximum atomic E-state index is 14.3. The summed E-state index contributed by atoms with van der Waals surface area (Å²) in [5, 5.41) is 0. The average molecular weight is 472 g/mol. The van der Waals surface area contributed by atoms with Crippen LogP contribution in [0, 0.1) is 17.3 Å². The molecule has 0 radical (unpaired) electrons. The SMILES string of the molecule is CC(C)(C)C1CCC(=O)C(C(F)(F)C(F)(F)C(F)(F)C(F)(F)C(F)(F)C(F)(F)F)C1. The van der Waals surface area contributed by atoms with Gasteiger partial charge < -0.3 is 0 Å². The van der Waals surface area contributed by atoms with E-state index >= 15 is 0 Å². The van der Waals surface area contributed by atoms with Crippen molar-refractivity contribution in [3.05, 3.63) is 0 Å². The predicted molar refractivity (Wildman–Crippen MR) is 76.1 cm³/mol. The molecule has 0 bridgehead atoms. The Morgan fingerprint density at radius 2 is 1.07 bits per heavy atom. The molecule has 0 heterocycles. The highest BCUT2D eigenvalue weighted by Crippen LogP contribution is 2.62. The molecule has 0 saturated heterocycles. The molecule has 0 aromatic carbocycles. The fourth-order valence-corrected chi connectivity index (χ4v) is 3.16. The van der Waals surface area contributed by atoms with Crippen molar-refractivity contribution in [1.82, 2.24) is 0 Å². The number of rotatable bonds is 5. The molecule has 2 atom stereocenters. The first-order chi connectivity index (χ1) is 12.9. The Bertz CT molecular complexity index is 657. The van der Waals surface area contributed by atoms with Gasteiger partial charge in [0.1, 0.15) is 5.78 Å². The summed E-state index contributed by atoms with van der Waals surface area (Å²) in [5.74, 6) is -43.3. The molecule has 1 nitrogen and oxygen atoms in total. The number of Topliss-reactive ketones (excluding diaryl/α,β-unsaturated/α-hetero) is 1. The van der Waals surface area contributed by atoms with E-state index in [9.17, 15) is 61.9 Å². The highest BCUT2D eigenvalue weighted by molar-refractivity contribution is 5.83. The van der Waals surface area contributed by atoms with E-state index in [0.717, 1.165) is 0 Å². The maximum absolute atomic E-state index is 14.3. The molecular weight excluding hydrogens is 455 g/mol. The molecule has 0 aliphatic heterocycles. The number of ketones is 1. The van der Waals surface area contributed by atoms with Crippen LogP contribution in [-0.2, 0) is 4.79 Å². The zero-order chi connectivity index (χ0) is 24.4. The van der Waals surface area contributed by atoms with Crippen LogP contribution < -0.4 is 0 Å². The van der Waals surface area contributed by atoms with Crippen LogP contribution in [0.4, 0.5) is 57.1 Å². The Hall–Kier alpha value is -1.24. The third kappa shape index (κ3) is 3.76. The number of carbonyl (C=O) groups is 1. The number of carbonyl (C=O) groups excluding carboxylic acids is 1. The maximum Gasteiger partial charge on any atom is 0.460 e. The molecule has 1 aliphatic rings. The fraction of sp³-hybridized carbons (Fsp3) is 0.938. The average Bonchev–Trinajstić information content (AvgIpc) is 2.52. The predicted octanol–water partition coefficient (Wildman–Crippen LogP) is 6.76. The molecule has 0 aromatic heterocycles. The summed E-state index contributed by atoms with van der Waals surface area (Å²) in [5.41, 5.74) is -0.917. The van der Waals surface area contributed by atoms with Gasteiger partial charge >= 0.3 is 35.8 Å². The van der Waals surface area contributed by atoms with Gasteiger partial charge in [-0.1, -0.05) is 20.8 Å². The van der Waals surface area contributed by atoms with E-state index in [1.54, 1.807) is 0 Å². The molecule has 2 unspecified atom stereocenters. The van der Waals surface area contributed by atoms with Gasteiger partial charge in [0.15, 0.2) is 0 Å². The molecule has 1 aliphatic carbocycles. The van der Waals surface area contributed by atoms with Crippen LogP contribution in [0.2, 0.25) is 0 Å². The van der Waals surface area contributed by atoms with Crippen molar-refractivity contribution < 1.29 is 61.9 Å². The Kier molecular flexibility index (Phi) is 6.38. The Labute approximate surface area is 162 Å². The smallest absolute Gasteiger partial charge is 0.299 e. The third-order valence-electron chi connectivity index (χ3n) is 5.27. The Balaban J connectivity index is 3.50. The van der Waals surface area contributed by atoms with Gasteiger partial charge in [-0.2, -0.15) is 57.1 Å².